The summed E-state index contributed by atoms with van der Waals surface area (Å²) < 4.78 is 12.1. The summed E-state index contributed by atoms with van der Waals surface area (Å²) in [5.41, 5.74) is 3.21. The Kier molecular flexibility index (Phi) is 5.95. The number of ether oxygens (including phenoxy) is 2. The molecule has 0 atom stereocenters. The van der Waals surface area contributed by atoms with Crippen molar-refractivity contribution < 1.29 is 14.3 Å². The molecule has 4 aromatic rings. The number of carbonyl (C=O) groups excluding carboxylic acids is 1. The van der Waals surface area contributed by atoms with Crippen LogP contribution in [0.4, 0.5) is 5.69 Å². The van der Waals surface area contributed by atoms with Crippen LogP contribution in [0.15, 0.2) is 83.3 Å². The number of nitrogens with one attached hydrogen (secondary N) is 1. The Morgan fingerprint density at radius 3 is 2.47 bits per heavy atom. The molecule has 1 aromatic heterocycles. The standard InChI is InChI=1S/C24H19BrN2O3/c1-29-19-12-6-16(7-13-19)22-14-23(20-4-2-3-5-21(20)27-22)30-15-24(28)26-18-10-8-17(25)9-11-18/h2-14H,15H2,1H3,(H,26,28). The van der Waals surface area contributed by atoms with Gasteiger partial charge in [0.25, 0.3) is 5.91 Å². The number of rotatable bonds is 6. The molecule has 0 saturated carbocycles. The lowest BCUT2D eigenvalue weighted by molar-refractivity contribution is -0.118. The van der Waals surface area contributed by atoms with Crippen molar-refractivity contribution >= 4 is 38.4 Å². The summed E-state index contributed by atoms with van der Waals surface area (Å²) in [6, 6.07) is 24.6. The molecular weight excluding hydrogens is 444 g/mol. The monoisotopic (exact) mass is 462 g/mol. The molecule has 150 valence electrons. The summed E-state index contributed by atoms with van der Waals surface area (Å²) in [7, 11) is 1.63. The summed E-state index contributed by atoms with van der Waals surface area (Å²) in [5.74, 6) is 1.15. The van der Waals surface area contributed by atoms with E-state index >= 15 is 0 Å². The molecule has 0 bridgehead atoms. The minimum atomic E-state index is -0.232. The van der Waals surface area contributed by atoms with Crippen molar-refractivity contribution in [1.29, 1.82) is 0 Å². The Morgan fingerprint density at radius 2 is 1.73 bits per heavy atom. The van der Waals surface area contributed by atoms with Crippen LogP contribution in [-0.2, 0) is 4.79 Å². The fourth-order valence-corrected chi connectivity index (χ4v) is 3.31. The van der Waals surface area contributed by atoms with E-state index in [-0.39, 0.29) is 12.5 Å². The van der Waals surface area contributed by atoms with E-state index in [4.69, 9.17) is 14.5 Å². The fraction of sp³-hybridized carbons (Fsp3) is 0.0833. The summed E-state index contributed by atoms with van der Waals surface area (Å²) in [6.07, 6.45) is 0. The molecule has 0 unspecified atom stereocenters. The van der Waals surface area contributed by atoms with Gasteiger partial charge in [0.1, 0.15) is 11.5 Å². The smallest absolute Gasteiger partial charge is 0.262 e. The van der Waals surface area contributed by atoms with Gasteiger partial charge >= 0.3 is 0 Å². The highest BCUT2D eigenvalue weighted by Crippen LogP contribution is 2.30. The van der Waals surface area contributed by atoms with Gasteiger partial charge in [0.2, 0.25) is 0 Å². The topological polar surface area (TPSA) is 60.5 Å². The second-order valence-electron chi connectivity index (χ2n) is 6.60. The van der Waals surface area contributed by atoms with Crippen molar-refractivity contribution in [2.45, 2.75) is 0 Å². The molecule has 6 heteroatoms. The first kappa shape index (κ1) is 19.9. The Hall–Kier alpha value is -3.38. The average molecular weight is 463 g/mol. The van der Waals surface area contributed by atoms with Gasteiger partial charge in [0.15, 0.2) is 6.61 Å². The molecule has 0 aliphatic carbocycles. The second-order valence-corrected chi connectivity index (χ2v) is 7.51. The normalized spacial score (nSPS) is 10.6. The molecule has 1 N–H and O–H groups in total. The Labute approximate surface area is 182 Å². The highest BCUT2D eigenvalue weighted by atomic mass is 79.9. The number of anilines is 1. The number of methoxy groups -OCH3 is 1. The molecule has 0 aliphatic heterocycles. The predicted octanol–water partition coefficient (Wildman–Crippen LogP) is 5.69. The minimum Gasteiger partial charge on any atom is -0.497 e. The molecule has 0 spiro atoms. The number of hydrogen-bond acceptors (Lipinski definition) is 4. The van der Waals surface area contributed by atoms with E-state index in [1.807, 2.05) is 78.9 Å². The highest BCUT2D eigenvalue weighted by Gasteiger charge is 2.11. The van der Waals surface area contributed by atoms with Crippen molar-refractivity contribution in [3.8, 4) is 22.8 Å². The summed E-state index contributed by atoms with van der Waals surface area (Å²) in [5, 5.41) is 3.69. The quantitative estimate of drug-likeness (QED) is 0.399. The number of amides is 1. The number of hydrogen-bond donors (Lipinski definition) is 1. The number of para-hydroxylation sites is 1. The van der Waals surface area contributed by atoms with Gasteiger partial charge < -0.3 is 14.8 Å². The van der Waals surface area contributed by atoms with E-state index in [0.29, 0.717) is 11.4 Å². The second kappa shape index (κ2) is 8.97. The summed E-state index contributed by atoms with van der Waals surface area (Å²) in [6.45, 7) is -0.105. The maximum absolute atomic E-state index is 12.4. The van der Waals surface area contributed by atoms with E-state index < -0.39 is 0 Å². The van der Waals surface area contributed by atoms with Crippen LogP contribution in [0.25, 0.3) is 22.2 Å². The molecule has 0 radical (unpaired) electrons. The van der Waals surface area contributed by atoms with E-state index in [2.05, 4.69) is 21.2 Å². The molecule has 3 aromatic carbocycles. The fourth-order valence-electron chi connectivity index (χ4n) is 3.05. The van der Waals surface area contributed by atoms with E-state index in [0.717, 1.165) is 32.4 Å². The largest absolute Gasteiger partial charge is 0.497 e. The van der Waals surface area contributed by atoms with Crippen LogP contribution in [0.2, 0.25) is 0 Å². The molecule has 4 rings (SSSR count). The highest BCUT2D eigenvalue weighted by molar-refractivity contribution is 9.10. The number of nitrogens with zero attached hydrogens (tertiary/aromatic N) is 1. The molecular formula is C24H19BrN2O3. The van der Waals surface area contributed by atoms with Crippen molar-refractivity contribution in [2.24, 2.45) is 0 Å². The number of fused-ring (bicyclic) bond motifs is 1. The third-order valence-corrected chi connectivity index (χ3v) is 5.08. The Morgan fingerprint density at radius 1 is 1.00 bits per heavy atom. The van der Waals surface area contributed by atoms with Crippen LogP contribution in [0.5, 0.6) is 11.5 Å². The van der Waals surface area contributed by atoms with Gasteiger partial charge in [-0.2, -0.15) is 0 Å². The number of benzene rings is 3. The first-order valence-corrected chi connectivity index (χ1v) is 10.1. The molecule has 0 saturated heterocycles. The predicted molar refractivity (Wildman–Crippen MR) is 122 cm³/mol. The maximum atomic E-state index is 12.4. The van der Waals surface area contributed by atoms with Gasteiger partial charge in [0.05, 0.1) is 18.3 Å². The van der Waals surface area contributed by atoms with Crippen molar-refractivity contribution in [2.75, 3.05) is 19.0 Å². The lowest BCUT2D eigenvalue weighted by Gasteiger charge is -2.12. The van der Waals surface area contributed by atoms with Crippen molar-refractivity contribution in [3.63, 3.8) is 0 Å². The molecule has 0 aliphatic rings. The first-order chi connectivity index (χ1) is 14.6. The third-order valence-electron chi connectivity index (χ3n) is 4.55. The van der Waals surface area contributed by atoms with Crippen molar-refractivity contribution in [1.82, 2.24) is 4.98 Å². The maximum Gasteiger partial charge on any atom is 0.262 e. The van der Waals surface area contributed by atoms with Crippen molar-refractivity contribution in [3.05, 3.63) is 83.3 Å². The van der Waals surface area contributed by atoms with Crippen LogP contribution >= 0.6 is 15.9 Å². The molecule has 1 heterocycles. The van der Waals surface area contributed by atoms with Crippen LogP contribution in [-0.4, -0.2) is 24.6 Å². The summed E-state index contributed by atoms with van der Waals surface area (Å²) in [4.78, 5) is 17.1. The zero-order valence-corrected chi connectivity index (χ0v) is 17.8. The van der Waals surface area contributed by atoms with Gasteiger partial charge in [-0.25, -0.2) is 4.98 Å². The summed E-state index contributed by atoms with van der Waals surface area (Å²) >= 11 is 3.38. The van der Waals surface area contributed by atoms with Gasteiger partial charge in [-0.1, -0.05) is 28.1 Å². The van der Waals surface area contributed by atoms with Gasteiger partial charge in [0, 0.05) is 27.2 Å². The van der Waals surface area contributed by atoms with Crippen LogP contribution in [0.1, 0.15) is 0 Å². The van der Waals surface area contributed by atoms with Crippen LogP contribution in [0, 0.1) is 0 Å². The first-order valence-electron chi connectivity index (χ1n) is 9.35. The van der Waals surface area contributed by atoms with Gasteiger partial charge in [-0.3, -0.25) is 4.79 Å². The SMILES string of the molecule is COc1ccc(-c2cc(OCC(=O)Nc3ccc(Br)cc3)c3ccccc3n2)cc1. The van der Waals surface area contributed by atoms with E-state index in [1.54, 1.807) is 7.11 Å². The molecule has 5 nitrogen and oxygen atoms in total. The number of carbonyl (C=O) groups is 1. The average Bonchev–Trinajstić information content (AvgIpc) is 2.79. The molecule has 30 heavy (non-hydrogen) atoms. The van der Waals surface area contributed by atoms with E-state index in [9.17, 15) is 4.79 Å². The van der Waals surface area contributed by atoms with Crippen LogP contribution in [0.3, 0.4) is 0 Å². The number of pyridine rings is 1. The minimum absolute atomic E-state index is 0.105. The lowest BCUT2D eigenvalue weighted by Crippen LogP contribution is -2.20. The third kappa shape index (κ3) is 4.60. The molecule has 0 fully saturated rings. The number of halogens is 1. The van der Waals surface area contributed by atoms with Crippen LogP contribution < -0.4 is 14.8 Å². The molecule has 1 amide bonds. The zero-order valence-electron chi connectivity index (χ0n) is 16.3. The number of aromatic nitrogens is 1. The van der Waals surface area contributed by atoms with Gasteiger partial charge in [-0.15, -0.1) is 0 Å². The Bertz CT molecular complexity index is 1180. The lowest BCUT2D eigenvalue weighted by atomic mass is 10.1. The zero-order chi connectivity index (χ0) is 20.9. The Balaban J connectivity index is 1.57. The van der Waals surface area contributed by atoms with E-state index in [1.165, 1.54) is 0 Å². The van der Waals surface area contributed by atoms with Gasteiger partial charge in [-0.05, 0) is 60.7 Å².